The normalized spacial score (nSPS) is 20.9. The Morgan fingerprint density at radius 2 is 0.877 bits per heavy atom. The zero-order valence-corrected chi connectivity index (χ0v) is 37.4. The molecule has 0 saturated carbocycles. The molecule has 0 spiro atoms. The van der Waals surface area contributed by atoms with Gasteiger partial charge < -0.3 is 40.3 Å². The van der Waals surface area contributed by atoms with Crippen LogP contribution in [0, 0.1) is 0 Å². The summed E-state index contributed by atoms with van der Waals surface area (Å²) in [5.41, 5.74) is 0. The molecule has 1 rings (SSSR count). The molecule has 0 radical (unpaired) electrons. The van der Waals surface area contributed by atoms with E-state index in [4.69, 9.17) is 9.47 Å². The van der Waals surface area contributed by atoms with Crippen LogP contribution in [0.25, 0.3) is 0 Å². The zero-order chi connectivity index (χ0) is 41.6. The minimum Gasteiger partial charge on any atom is -0.394 e. The highest BCUT2D eigenvalue weighted by molar-refractivity contribution is 5.76. The first kappa shape index (κ1) is 54.2. The molecule has 9 nitrogen and oxygen atoms in total. The number of rotatable bonds is 42. The van der Waals surface area contributed by atoms with Crippen LogP contribution in [0.4, 0.5) is 0 Å². The average molecular weight is 814 g/mol. The van der Waals surface area contributed by atoms with E-state index in [1.165, 1.54) is 180 Å². The van der Waals surface area contributed by atoms with Gasteiger partial charge in [-0.2, -0.15) is 0 Å². The lowest BCUT2D eigenvalue weighted by atomic mass is 9.99. The van der Waals surface area contributed by atoms with Crippen LogP contribution in [-0.4, -0.2) is 87.5 Å². The van der Waals surface area contributed by atoms with Gasteiger partial charge in [-0.15, -0.1) is 0 Å². The van der Waals surface area contributed by atoms with E-state index in [0.717, 1.165) is 38.5 Å². The number of aliphatic hydroxyl groups excluding tert-OH is 5. The van der Waals surface area contributed by atoms with Crippen LogP contribution >= 0.6 is 0 Å². The standard InChI is InChI=1S/C48H95NO8/c1-3-5-7-9-11-13-15-17-18-19-20-21-22-23-24-26-28-30-32-34-36-38-44(52)49-41(40-56-48-47(55)46(54)45(53)43(39-50)57-48)42(51)37-35-33-31-29-27-25-16-14-12-10-8-6-4-2/h41-43,45-48,50-51,53-55H,3-40H2,1-2H3,(H,49,52)/t41-,42-,43-,45-,46+,47-,48-/m1/s1. The SMILES string of the molecule is CCCCCCCCCCCCCCCCCCCCCCCC(=O)N[C@H](CO[C@@H]1O[C@H](CO)[C@@H](O)[C@H](O)[C@H]1O)[C@H](O)CCCCCCCCCCCCCCC. The van der Waals surface area contributed by atoms with Gasteiger partial charge in [-0.1, -0.05) is 226 Å². The molecular weight excluding hydrogens is 719 g/mol. The summed E-state index contributed by atoms with van der Waals surface area (Å²) in [5, 5.41) is 54.4. The van der Waals surface area contributed by atoms with Gasteiger partial charge in [0.1, 0.15) is 24.4 Å². The van der Waals surface area contributed by atoms with Crippen LogP contribution in [0.5, 0.6) is 0 Å². The number of ether oxygens (including phenoxy) is 2. The Morgan fingerprint density at radius 3 is 1.25 bits per heavy atom. The fourth-order valence-electron chi connectivity index (χ4n) is 8.22. The first-order valence-electron chi connectivity index (χ1n) is 24.7. The van der Waals surface area contributed by atoms with Crippen molar-refractivity contribution < 1.29 is 39.8 Å². The molecule has 0 aromatic rings. The highest BCUT2D eigenvalue weighted by Crippen LogP contribution is 2.23. The maximum Gasteiger partial charge on any atom is 0.220 e. The molecule has 1 heterocycles. The number of nitrogens with one attached hydrogen (secondary N) is 1. The molecule has 9 heteroatoms. The molecule has 1 fully saturated rings. The van der Waals surface area contributed by atoms with Gasteiger partial charge in [0.05, 0.1) is 25.4 Å². The monoisotopic (exact) mass is 814 g/mol. The average Bonchev–Trinajstić information content (AvgIpc) is 3.21. The summed E-state index contributed by atoms with van der Waals surface area (Å²) in [6.45, 7) is 3.85. The molecule has 6 N–H and O–H groups in total. The smallest absolute Gasteiger partial charge is 0.220 e. The summed E-state index contributed by atoms with van der Waals surface area (Å²) < 4.78 is 11.3. The van der Waals surface area contributed by atoms with Gasteiger partial charge >= 0.3 is 0 Å². The molecule has 57 heavy (non-hydrogen) atoms. The predicted octanol–water partition coefficient (Wildman–Crippen LogP) is 10.7. The van der Waals surface area contributed by atoms with Crippen molar-refractivity contribution in [2.75, 3.05) is 13.2 Å². The molecule has 340 valence electrons. The molecule has 1 aliphatic rings. The van der Waals surface area contributed by atoms with Crippen molar-refractivity contribution in [3.8, 4) is 0 Å². The lowest BCUT2D eigenvalue weighted by Crippen LogP contribution is -2.60. The van der Waals surface area contributed by atoms with Crippen LogP contribution in [0.3, 0.4) is 0 Å². The Hall–Kier alpha value is -0.810. The number of carbonyl (C=O) groups is 1. The van der Waals surface area contributed by atoms with Crippen molar-refractivity contribution in [3.63, 3.8) is 0 Å². The minimum absolute atomic E-state index is 0.132. The Morgan fingerprint density at radius 1 is 0.526 bits per heavy atom. The second kappa shape index (κ2) is 39.3. The lowest BCUT2D eigenvalue weighted by Gasteiger charge is -2.40. The summed E-state index contributed by atoms with van der Waals surface area (Å²) in [7, 11) is 0. The molecule has 1 saturated heterocycles. The third-order valence-electron chi connectivity index (χ3n) is 12.2. The van der Waals surface area contributed by atoms with E-state index in [0.29, 0.717) is 12.8 Å². The maximum absolute atomic E-state index is 13.0. The molecule has 1 amide bonds. The van der Waals surface area contributed by atoms with E-state index >= 15 is 0 Å². The van der Waals surface area contributed by atoms with E-state index in [2.05, 4.69) is 19.2 Å². The van der Waals surface area contributed by atoms with Crippen molar-refractivity contribution in [2.24, 2.45) is 0 Å². The highest BCUT2D eigenvalue weighted by Gasteiger charge is 2.44. The Labute approximate surface area is 351 Å². The lowest BCUT2D eigenvalue weighted by molar-refractivity contribution is -0.302. The quantitative estimate of drug-likeness (QED) is 0.0334. The Kier molecular flexibility index (Phi) is 37.4. The number of unbranched alkanes of at least 4 members (excludes halogenated alkanes) is 32. The molecule has 7 atom stereocenters. The second-order valence-electron chi connectivity index (χ2n) is 17.6. The van der Waals surface area contributed by atoms with Gasteiger partial charge in [-0.3, -0.25) is 4.79 Å². The fraction of sp³-hybridized carbons (Fsp3) is 0.979. The van der Waals surface area contributed by atoms with Gasteiger partial charge in [0.15, 0.2) is 6.29 Å². The van der Waals surface area contributed by atoms with E-state index in [1.54, 1.807) is 0 Å². The van der Waals surface area contributed by atoms with Crippen molar-refractivity contribution in [2.45, 2.75) is 288 Å². The Balaban J connectivity index is 2.24. The van der Waals surface area contributed by atoms with Crippen LogP contribution < -0.4 is 5.32 Å². The molecule has 1 aliphatic heterocycles. The molecule has 0 aliphatic carbocycles. The summed E-state index contributed by atoms with van der Waals surface area (Å²) in [6, 6.07) is -0.711. The topological polar surface area (TPSA) is 149 Å². The molecular formula is C48H95NO8. The number of hydrogen-bond donors (Lipinski definition) is 6. The summed E-state index contributed by atoms with van der Waals surface area (Å²) >= 11 is 0. The van der Waals surface area contributed by atoms with E-state index < -0.39 is 49.5 Å². The van der Waals surface area contributed by atoms with E-state index in [1.807, 2.05) is 0 Å². The first-order valence-corrected chi connectivity index (χ1v) is 24.7. The van der Waals surface area contributed by atoms with Crippen LogP contribution in [0.15, 0.2) is 0 Å². The molecule has 0 aromatic heterocycles. The molecule has 0 unspecified atom stereocenters. The van der Waals surface area contributed by atoms with Crippen molar-refractivity contribution in [3.05, 3.63) is 0 Å². The highest BCUT2D eigenvalue weighted by atomic mass is 16.7. The van der Waals surface area contributed by atoms with Gasteiger partial charge in [0, 0.05) is 6.42 Å². The number of hydrogen-bond acceptors (Lipinski definition) is 8. The summed E-state index contributed by atoms with van der Waals surface area (Å²) in [5.74, 6) is -0.139. The third-order valence-corrected chi connectivity index (χ3v) is 12.2. The fourth-order valence-corrected chi connectivity index (χ4v) is 8.22. The maximum atomic E-state index is 13.0. The Bertz CT molecular complexity index is 862. The van der Waals surface area contributed by atoms with Gasteiger partial charge in [0.2, 0.25) is 5.91 Å². The zero-order valence-electron chi connectivity index (χ0n) is 37.4. The largest absolute Gasteiger partial charge is 0.394 e. The van der Waals surface area contributed by atoms with E-state index in [-0.39, 0.29) is 12.5 Å². The number of amides is 1. The van der Waals surface area contributed by atoms with Crippen LogP contribution in [0.1, 0.15) is 245 Å². The first-order chi connectivity index (χ1) is 27.8. The van der Waals surface area contributed by atoms with Gasteiger partial charge in [-0.25, -0.2) is 0 Å². The van der Waals surface area contributed by atoms with Gasteiger partial charge in [0.25, 0.3) is 0 Å². The summed E-state index contributed by atoms with van der Waals surface area (Å²) in [6.07, 6.45) is 36.8. The number of carbonyl (C=O) groups excluding carboxylic acids is 1. The van der Waals surface area contributed by atoms with Crippen molar-refractivity contribution in [1.82, 2.24) is 5.32 Å². The molecule has 0 bridgehead atoms. The predicted molar refractivity (Wildman–Crippen MR) is 235 cm³/mol. The van der Waals surface area contributed by atoms with Gasteiger partial charge in [-0.05, 0) is 12.8 Å². The van der Waals surface area contributed by atoms with E-state index in [9.17, 15) is 30.3 Å². The van der Waals surface area contributed by atoms with Crippen LogP contribution in [0.2, 0.25) is 0 Å². The summed E-state index contributed by atoms with van der Waals surface area (Å²) in [4.78, 5) is 13.0. The van der Waals surface area contributed by atoms with Crippen LogP contribution in [-0.2, 0) is 14.3 Å². The number of aliphatic hydroxyl groups is 5. The third kappa shape index (κ3) is 30.0. The minimum atomic E-state index is -1.55. The van der Waals surface area contributed by atoms with Crippen molar-refractivity contribution in [1.29, 1.82) is 0 Å². The van der Waals surface area contributed by atoms with Crippen molar-refractivity contribution >= 4 is 5.91 Å². The second-order valence-corrected chi connectivity index (χ2v) is 17.6. The molecule has 0 aromatic carbocycles.